The quantitative estimate of drug-likeness (QED) is 0.900. The van der Waals surface area contributed by atoms with E-state index < -0.39 is 5.97 Å². The Morgan fingerprint density at radius 3 is 2.32 bits per heavy atom. The van der Waals surface area contributed by atoms with E-state index in [9.17, 15) is 9.90 Å². The summed E-state index contributed by atoms with van der Waals surface area (Å²) in [6, 6.07) is 12.3. The van der Waals surface area contributed by atoms with Crippen LogP contribution in [0.1, 0.15) is 5.56 Å². The molecule has 0 spiro atoms. The molecular weight excluding hydrogens is 284 g/mol. The van der Waals surface area contributed by atoms with Crippen molar-refractivity contribution in [2.75, 3.05) is 0 Å². The van der Waals surface area contributed by atoms with Gasteiger partial charge in [-0.05, 0) is 35.9 Å². The third-order valence-electron chi connectivity index (χ3n) is 2.43. The van der Waals surface area contributed by atoms with Crippen LogP contribution in [-0.2, 0) is 11.2 Å². The van der Waals surface area contributed by atoms with Crippen LogP contribution < -0.4 is 0 Å². The first-order valence-electron chi connectivity index (χ1n) is 5.52. The average molecular weight is 295 g/mol. The number of carbonyl (C=O) groups is 1. The van der Waals surface area contributed by atoms with E-state index in [-0.39, 0.29) is 12.2 Å². The molecule has 0 aliphatic carbocycles. The highest BCUT2D eigenvalue weighted by atomic mass is 35.5. The predicted molar refractivity (Wildman–Crippen MR) is 75.0 cm³/mol. The minimum absolute atomic E-state index is 0.0205. The minimum Gasteiger partial charge on any atom is -0.506 e. The summed E-state index contributed by atoms with van der Waals surface area (Å²) in [4.78, 5) is 12.4. The lowest BCUT2D eigenvalue weighted by Crippen LogP contribution is -1.99. The van der Waals surface area contributed by atoms with E-state index in [1.165, 1.54) is 11.8 Å². The zero-order valence-corrected chi connectivity index (χ0v) is 11.4. The van der Waals surface area contributed by atoms with Gasteiger partial charge in [0.05, 0.1) is 11.4 Å². The highest BCUT2D eigenvalue weighted by Crippen LogP contribution is 2.33. The molecule has 0 heterocycles. The Bertz CT molecular complexity index is 596. The molecule has 0 aliphatic rings. The summed E-state index contributed by atoms with van der Waals surface area (Å²) in [5, 5.41) is 18.5. The largest absolute Gasteiger partial charge is 0.506 e. The maximum Gasteiger partial charge on any atom is 0.307 e. The number of aromatic hydroxyl groups is 1. The molecule has 0 fully saturated rings. The lowest BCUT2D eigenvalue weighted by atomic mass is 10.2. The third-order valence-corrected chi connectivity index (χ3v) is 3.75. The van der Waals surface area contributed by atoms with Crippen LogP contribution in [0.3, 0.4) is 0 Å². The topological polar surface area (TPSA) is 57.5 Å². The van der Waals surface area contributed by atoms with Gasteiger partial charge in [-0.25, -0.2) is 0 Å². The molecule has 3 nitrogen and oxygen atoms in total. The number of aliphatic carboxylic acids is 1. The van der Waals surface area contributed by atoms with Gasteiger partial charge in [-0.15, -0.1) is 0 Å². The van der Waals surface area contributed by atoms with Gasteiger partial charge in [-0.3, -0.25) is 4.79 Å². The highest BCUT2D eigenvalue weighted by Gasteiger charge is 2.04. The summed E-state index contributed by atoms with van der Waals surface area (Å²) in [5.74, 6) is -0.794. The average Bonchev–Trinajstić information content (AvgIpc) is 2.36. The Balaban J connectivity index is 2.10. The molecular formula is C14H11ClO3S. The van der Waals surface area contributed by atoms with Crippen LogP contribution in [0.4, 0.5) is 0 Å². The van der Waals surface area contributed by atoms with Crippen molar-refractivity contribution in [3.8, 4) is 5.75 Å². The molecule has 0 aliphatic heterocycles. The van der Waals surface area contributed by atoms with Gasteiger partial charge < -0.3 is 10.2 Å². The fourth-order valence-electron chi connectivity index (χ4n) is 1.54. The van der Waals surface area contributed by atoms with Gasteiger partial charge in [0.25, 0.3) is 0 Å². The fraction of sp³-hybridized carbons (Fsp3) is 0.0714. The Kier molecular flexibility index (Phi) is 4.35. The van der Waals surface area contributed by atoms with Gasteiger partial charge in [-0.1, -0.05) is 35.5 Å². The molecule has 0 radical (unpaired) electrons. The molecule has 2 N–H and O–H groups in total. The van der Waals surface area contributed by atoms with E-state index in [0.717, 1.165) is 15.4 Å². The van der Waals surface area contributed by atoms with Crippen molar-refractivity contribution in [1.82, 2.24) is 0 Å². The van der Waals surface area contributed by atoms with Gasteiger partial charge in [0.2, 0.25) is 0 Å². The van der Waals surface area contributed by atoms with Crippen molar-refractivity contribution < 1.29 is 15.0 Å². The summed E-state index contributed by atoms with van der Waals surface area (Å²) in [6.45, 7) is 0. The zero-order valence-electron chi connectivity index (χ0n) is 9.84. The Labute approximate surface area is 119 Å². The summed E-state index contributed by atoms with van der Waals surface area (Å²) in [7, 11) is 0. The number of halogens is 1. The van der Waals surface area contributed by atoms with Crippen molar-refractivity contribution >= 4 is 29.3 Å². The molecule has 2 rings (SSSR count). The van der Waals surface area contributed by atoms with E-state index in [1.54, 1.807) is 24.3 Å². The summed E-state index contributed by atoms with van der Waals surface area (Å²) in [5.41, 5.74) is 0.760. The normalized spacial score (nSPS) is 10.4. The second kappa shape index (κ2) is 5.99. The third kappa shape index (κ3) is 3.91. The van der Waals surface area contributed by atoms with Gasteiger partial charge in [0, 0.05) is 9.79 Å². The van der Waals surface area contributed by atoms with E-state index in [2.05, 4.69) is 0 Å². The monoisotopic (exact) mass is 294 g/mol. The molecule has 0 aromatic heterocycles. The van der Waals surface area contributed by atoms with Crippen molar-refractivity contribution in [3.05, 3.63) is 53.1 Å². The number of hydrogen-bond donors (Lipinski definition) is 2. The molecule has 0 saturated heterocycles. The van der Waals surface area contributed by atoms with Gasteiger partial charge in [0.1, 0.15) is 5.75 Å². The number of carboxylic acids is 1. The fourth-order valence-corrected chi connectivity index (χ4v) is 2.51. The van der Waals surface area contributed by atoms with Crippen molar-refractivity contribution in [1.29, 1.82) is 0 Å². The van der Waals surface area contributed by atoms with Gasteiger partial charge in [-0.2, -0.15) is 0 Å². The van der Waals surface area contributed by atoms with E-state index in [1.807, 2.05) is 18.2 Å². The van der Waals surface area contributed by atoms with Crippen LogP contribution >= 0.6 is 23.4 Å². The molecule has 0 unspecified atom stereocenters. The lowest BCUT2D eigenvalue weighted by Gasteiger charge is -2.04. The minimum atomic E-state index is -0.844. The SMILES string of the molecule is O=C(O)Cc1ccc(Sc2ccc(Cl)c(O)c2)cc1. The van der Waals surface area contributed by atoms with E-state index >= 15 is 0 Å². The predicted octanol–water partition coefficient (Wildman–Crippen LogP) is 3.82. The molecule has 0 amide bonds. The molecule has 5 heteroatoms. The van der Waals surface area contributed by atoms with Crippen molar-refractivity contribution in [3.63, 3.8) is 0 Å². The number of hydrogen-bond acceptors (Lipinski definition) is 3. The molecule has 2 aromatic carbocycles. The van der Waals surface area contributed by atoms with Crippen LogP contribution in [-0.4, -0.2) is 16.2 Å². The standard InChI is InChI=1S/C14H11ClO3S/c15-12-6-5-11(8-13(12)16)19-10-3-1-9(2-4-10)7-14(17)18/h1-6,8,16H,7H2,(H,17,18). The first-order chi connectivity index (χ1) is 9.04. The Morgan fingerprint density at radius 2 is 1.74 bits per heavy atom. The number of benzene rings is 2. The summed E-state index contributed by atoms with van der Waals surface area (Å²) >= 11 is 7.21. The number of carboxylic acid groups (broad SMARTS) is 1. The van der Waals surface area contributed by atoms with Crippen LogP contribution in [0.25, 0.3) is 0 Å². The van der Waals surface area contributed by atoms with E-state index in [4.69, 9.17) is 16.7 Å². The lowest BCUT2D eigenvalue weighted by molar-refractivity contribution is -0.136. The molecule has 0 bridgehead atoms. The first kappa shape index (κ1) is 13.8. The molecule has 2 aromatic rings. The van der Waals surface area contributed by atoms with Crippen molar-refractivity contribution in [2.24, 2.45) is 0 Å². The van der Waals surface area contributed by atoms with Crippen LogP contribution in [0.5, 0.6) is 5.75 Å². The zero-order chi connectivity index (χ0) is 13.8. The van der Waals surface area contributed by atoms with Crippen LogP contribution in [0, 0.1) is 0 Å². The Hall–Kier alpha value is -1.65. The highest BCUT2D eigenvalue weighted by molar-refractivity contribution is 7.99. The van der Waals surface area contributed by atoms with Crippen LogP contribution in [0.15, 0.2) is 52.3 Å². The number of phenols is 1. The smallest absolute Gasteiger partial charge is 0.307 e. The summed E-state index contributed by atoms with van der Waals surface area (Å²) < 4.78 is 0. The van der Waals surface area contributed by atoms with Crippen molar-refractivity contribution in [2.45, 2.75) is 16.2 Å². The molecule has 0 saturated carbocycles. The van der Waals surface area contributed by atoms with Gasteiger partial charge >= 0.3 is 5.97 Å². The molecule has 0 atom stereocenters. The van der Waals surface area contributed by atoms with Gasteiger partial charge in [0.15, 0.2) is 0 Å². The molecule has 98 valence electrons. The Morgan fingerprint density at radius 1 is 1.11 bits per heavy atom. The number of phenolic OH excluding ortho intramolecular Hbond substituents is 1. The maximum atomic E-state index is 10.6. The second-order valence-electron chi connectivity index (χ2n) is 3.93. The first-order valence-corrected chi connectivity index (χ1v) is 6.71. The number of rotatable bonds is 4. The summed E-state index contributed by atoms with van der Waals surface area (Å²) in [6.07, 6.45) is 0.0205. The maximum absolute atomic E-state index is 10.6. The second-order valence-corrected chi connectivity index (χ2v) is 5.48. The van der Waals surface area contributed by atoms with E-state index in [0.29, 0.717) is 5.02 Å². The van der Waals surface area contributed by atoms with Crippen LogP contribution in [0.2, 0.25) is 5.02 Å². The molecule has 19 heavy (non-hydrogen) atoms.